The molecule has 7 heteroatoms. The lowest BCUT2D eigenvalue weighted by Gasteiger charge is -2.02. The van der Waals surface area contributed by atoms with E-state index < -0.39 is 4.92 Å². The summed E-state index contributed by atoms with van der Waals surface area (Å²) >= 11 is 0. The number of carbonyl (C=O) groups is 1. The summed E-state index contributed by atoms with van der Waals surface area (Å²) in [6, 6.07) is 21.9. The normalized spacial score (nSPS) is 10.3. The molecule has 144 valence electrons. The minimum atomic E-state index is -0.510. The maximum atomic E-state index is 12.4. The Morgan fingerprint density at radius 3 is 2.48 bits per heavy atom. The number of aromatic nitrogens is 2. The summed E-state index contributed by atoms with van der Waals surface area (Å²) in [6.07, 6.45) is 3.38. The molecule has 0 aliphatic rings. The van der Waals surface area contributed by atoms with Crippen molar-refractivity contribution in [1.29, 1.82) is 0 Å². The smallest absolute Gasteiger partial charge is 0.287 e. The lowest BCUT2D eigenvalue weighted by atomic mass is 10.1. The molecule has 0 aliphatic heterocycles. The molecule has 3 aromatic carbocycles. The molecule has 0 saturated heterocycles. The van der Waals surface area contributed by atoms with Gasteiger partial charge < -0.3 is 0 Å². The zero-order chi connectivity index (χ0) is 19.5. The summed E-state index contributed by atoms with van der Waals surface area (Å²) in [7, 11) is 0. The van der Waals surface area contributed by atoms with E-state index in [9.17, 15) is 14.9 Å². The van der Waals surface area contributed by atoms with Crippen LogP contribution in [0.5, 0.6) is 0 Å². The number of nitro groups is 1. The third kappa shape index (κ3) is 4.52. The summed E-state index contributed by atoms with van der Waals surface area (Å²) in [5.74, 6) is -0.214. The van der Waals surface area contributed by atoms with Crippen molar-refractivity contribution in [3.63, 3.8) is 0 Å². The molecule has 4 aromatic rings. The second-order valence-corrected chi connectivity index (χ2v) is 6.41. The van der Waals surface area contributed by atoms with Crippen LogP contribution in [0.3, 0.4) is 0 Å². The summed E-state index contributed by atoms with van der Waals surface area (Å²) in [4.78, 5) is 27.2. The van der Waals surface area contributed by atoms with E-state index in [1.165, 1.54) is 23.6 Å². The van der Waals surface area contributed by atoms with Gasteiger partial charge in [-0.3, -0.25) is 14.9 Å². The van der Waals surface area contributed by atoms with Crippen molar-refractivity contribution < 1.29 is 14.3 Å². The van der Waals surface area contributed by atoms with Crippen molar-refractivity contribution in [2.45, 2.75) is 6.54 Å². The third-order valence-electron chi connectivity index (χ3n) is 4.52. The van der Waals surface area contributed by atoms with Crippen LogP contribution >= 0.6 is 17.0 Å². The van der Waals surface area contributed by atoms with Gasteiger partial charge in [-0.15, -0.1) is 17.0 Å². The van der Waals surface area contributed by atoms with E-state index in [4.69, 9.17) is 0 Å². The van der Waals surface area contributed by atoms with Crippen molar-refractivity contribution in [2.24, 2.45) is 0 Å². The van der Waals surface area contributed by atoms with Crippen molar-refractivity contribution in [1.82, 2.24) is 4.98 Å². The number of benzene rings is 3. The Kier molecular flexibility index (Phi) is 6.09. The average Bonchev–Trinajstić information content (AvgIpc) is 2.74. The van der Waals surface area contributed by atoms with Crippen molar-refractivity contribution in [3.8, 4) is 11.3 Å². The number of carbonyl (C=O) groups excluding carboxylic acids is 1. The predicted octanol–water partition coefficient (Wildman–Crippen LogP) is 4.56. The van der Waals surface area contributed by atoms with E-state index in [1.54, 1.807) is 23.2 Å². The highest BCUT2D eigenvalue weighted by molar-refractivity contribution is 8.93. The van der Waals surface area contributed by atoms with Crippen molar-refractivity contribution >= 4 is 39.2 Å². The van der Waals surface area contributed by atoms with Crippen LogP contribution in [0.2, 0.25) is 0 Å². The average molecular weight is 451 g/mol. The van der Waals surface area contributed by atoms with E-state index in [2.05, 4.69) is 29.2 Å². The first-order valence-corrected chi connectivity index (χ1v) is 8.72. The number of Topliss-reactive ketones (excluding diaryl/α,β-unsaturated/α-hetero) is 1. The minimum absolute atomic E-state index is 0. The number of nitrogens with zero attached hydrogens (tertiary/aromatic N) is 3. The van der Waals surface area contributed by atoms with Crippen LogP contribution in [0.25, 0.3) is 22.0 Å². The number of hydrogen-bond donors (Lipinski definition) is 0. The van der Waals surface area contributed by atoms with Crippen LogP contribution in [0.1, 0.15) is 10.4 Å². The fraction of sp³-hybridized carbons (Fsp3) is 0.0455. The monoisotopic (exact) mass is 450 g/mol. The lowest BCUT2D eigenvalue weighted by Crippen LogP contribution is -2.37. The highest BCUT2D eigenvalue weighted by Crippen LogP contribution is 2.22. The molecule has 0 amide bonds. The van der Waals surface area contributed by atoms with E-state index >= 15 is 0 Å². The largest absolute Gasteiger partial charge is 0.290 e. The number of halogens is 1. The van der Waals surface area contributed by atoms with E-state index in [0.717, 1.165) is 16.6 Å². The van der Waals surface area contributed by atoms with Crippen LogP contribution in [-0.4, -0.2) is 15.7 Å². The SMILES string of the molecule is Br.O=C(C[n+]1ccc(-c2ccc3ccccc3c2)nc1)c1cccc([N+](=O)[O-])c1. The van der Waals surface area contributed by atoms with Crippen LogP contribution in [0, 0.1) is 10.1 Å². The number of ketones is 1. The Morgan fingerprint density at radius 1 is 0.966 bits per heavy atom. The summed E-state index contributed by atoms with van der Waals surface area (Å²) in [5, 5.41) is 13.2. The second-order valence-electron chi connectivity index (χ2n) is 6.41. The van der Waals surface area contributed by atoms with Gasteiger partial charge in [-0.25, -0.2) is 4.57 Å². The van der Waals surface area contributed by atoms with Crippen LogP contribution < -0.4 is 4.57 Å². The van der Waals surface area contributed by atoms with Crippen LogP contribution in [0.15, 0.2) is 85.3 Å². The van der Waals surface area contributed by atoms with Gasteiger partial charge in [0, 0.05) is 29.3 Å². The van der Waals surface area contributed by atoms with Gasteiger partial charge in [-0.1, -0.05) is 42.5 Å². The van der Waals surface area contributed by atoms with Gasteiger partial charge in [0.1, 0.15) is 0 Å². The van der Waals surface area contributed by atoms with Gasteiger partial charge >= 0.3 is 0 Å². The van der Waals surface area contributed by atoms with Gasteiger partial charge in [0.15, 0.2) is 12.2 Å². The topological polar surface area (TPSA) is 77.0 Å². The molecule has 0 spiro atoms. The van der Waals surface area contributed by atoms with Crippen molar-refractivity contribution in [2.75, 3.05) is 0 Å². The molecular weight excluding hydrogens is 434 g/mol. The molecule has 6 nitrogen and oxygen atoms in total. The molecular formula is C22H17BrN3O3+. The standard InChI is InChI=1S/C22H16N3O3.BrH/c26-22(19-6-3-7-20(13-19)25(27)28)14-24-11-10-21(23-15-24)18-9-8-16-4-1-2-5-17(16)12-18;/h1-13,15H,14H2;1H/q+1;. The first kappa shape index (κ1) is 20.3. The molecule has 0 aliphatic carbocycles. The van der Waals surface area contributed by atoms with Gasteiger partial charge in [-0.2, -0.15) is 0 Å². The third-order valence-corrected chi connectivity index (χ3v) is 4.52. The first-order valence-electron chi connectivity index (χ1n) is 8.72. The molecule has 0 unspecified atom stereocenters. The lowest BCUT2D eigenvalue weighted by molar-refractivity contribution is -0.686. The molecule has 0 saturated carbocycles. The van der Waals surface area contributed by atoms with E-state index in [1.807, 2.05) is 24.3 Å². The van der Waals surface area contributed by atoms with Crippen LogP contribution in [0.4, 0.5) is 5.69 Å². The molecule has 0 radical (unpaired) electrons. The maximum Gasteiger partial charge on any atom is 0.287 e. The molecule has 0 N–H and O–H groups in total. The predicted molar refractivity (Wildman–Crippen MR) is 115 cm³/mol. The Morgan fingerprint density at radius 2 is 1.76 bits per heavy atom. The molecule has 0 fully saturated rings. The molecule has 1 heterocycles. The zero-order valence-electron chi connectivity index (χ0n) is 15.3. The summed E-state index contributed by atoms with van der Waals surface area (Å²) in [6.45, 7) is 0.0617. The fourth-order valence-corrected chi connectivity index (χ4v) is 3.05. The van der Waals surface area contributed by atoms with Gasteiger partial charge in [-0.05, 0) is 27.9 Å². The summed E-state index contributed by atoms with van der Waals surface area (Å²) < 4.78 is 1.66. The number of nitro benzene ring substituents is 1. The Hall–Kier alpha value is -3.45. The Labute approximate surface area is 177 Å². The Bertz CT molecular complexity index is 1190. The second kappa shape index (κ2) is 8.70. The quantitative estimate of drug-likeness (QED) is 0.193. The van der Waals surface area contributed by atoms with Gasteiger partial charge in [0.2, 0.25) is 5.78 Å². The van der Waals surface area contributed by atoms with Crippen LogP contribution in [-0.2, 0) is 6.54 Å². The minimum Gasteiger partial charge on any atom is -0.290 e. The number of hydrogen-bond acceptors (Lipinski definition) is 4. The molecule has 4 rings (SSSR count). The molecule has 0 bridgehead atoms. The first-order chi connectivity index (χ1) is 13.6. The van der Waals surface area contributed by atoms with E-state index in [-0.39, 0.29) is 35.0 Å². The van der Waals surface area contributed by atoms with Crippen molar-refractivity contribution in [3.05, 3.63) is 101 Å². The highest BCUT2D eigenvalue weighted by atomic mass is 79.9. The summed E-state index contributed by atoms with van der Waals surface area (Å²) in [5.41, 5.74) is 2.02. The number of rotatable bonds is 5. The maximum absolute atomic E-state index is 12.4. The van der Waals surface area contributed by atoms with Gasteiger partial charge in [0.25, 0.3) is 12.0 Å². The number of non-ortho nitro benzene ring substituents is 1. The molecule has 0 atom stereocenters. The zero-order valence-corrected chi connectivity index (χ0v) is 17.0. The van der Waals surface area contributed by atoms with E-state index in [0.29, 0.717) is 5.56 Å². The highest BCUT2D eigenvalue weighted by Gasteiger charge is 2.15. The molecule has 1 aromatic heterocycles. The van der Waals surface area contributed by atoms with Gasteiger partial charge in [0.05, 0.1) is 11.1 Å². The number of fused-ring (bicyclic) bond motifs is 1. The Balaban J connectivity index is 0.00000240. The molecule has 29 heavy (non-hydrogen) atoms. The fourth-order valence-electron chi connectivity index (χ4n) is 3.05.